The van der Waals surface area contributed by atoms with E-state index in [0.29, 0.717) is 0 Å². The summed E-state index contributed by atoms with van der Waals surface area (Å²) in [6.07, 6.45) is 7.60. The average molecular weight is 335 g/mol. The molecule has 4 heteroatoms. The molecule has 1 amide bonds. The van der Waals surface area contributed by atoms with Crippen molar-refractivity contribution in [2.24, 2.45) is 0 Å². The molecule has 1 atom stereocenters. The Balaban J connectivity index is 1.67. The van der Waals surface area contributed by atoms with Crippen molar-refractivity contribution in [2.45, 2.75) is 38.1 Å². The summed E-state index contributed by atoms with van der Waals surface area (Å²) in [4.78, 5) is 22.2. The van der Waals surface area contributed by atoms with Crippen molar-refractivity contribution in [3.05, 3.63) is 59.8 Å². The lowest BCUT2D eigenvalue weighted by Gasteiger charge is -2.37. The Bertz CT molecular complexity index is 725. The van der Waals surface area contributed by atoms with Crippen LogP contribution in [-0.4, -0.2) is 35.4 Å². The molecule has 0 spiro atoms. The average Bonchev–Trinajstić information content (AvgIpc) is 3.23. The number of pyridine rings is 1. The van der Waals surface area contributed by atoms with E-state index in [1.165, 1.54) is 18.4 Å². The Labute approximate surface area is 149 Å². The van der Waals surface area contributed by atoms with Crippen molar-refractivity contribution < 1.29 is 4.79 Å². The van der Waals surface area contributed by atoms with E-state index in [-0.39, 0.29) is 11.9 Å². The second kappa shape index (κ2) is 7.26. The van der Waals surface area contributed by atoms with E-state index in [1.54, 1.807) is 0 Å². The van der Waals surface area contributed by atoms with Gasteiger partial charge < -0.3 is 9.80 Å². The third kappa shape index (κ3) is 3.26. The molecule has 3 heterocycles. The van der Waals surface area contributed by atoms with Crippen LogP contribution in [0.15, 0.2) is 48.7 Å². The molecule has 130 valence electrons. The third-order valence-corrected chi connectivity index (χ3v) is 5.37. The lowest BCUT2D eigenvalue weighted by molar-refractivity contribution is 0.0612. The quantitative estimate of drug-likeness (QED) is 0.849. The standard InChI is InChI=1S/C21H25N3O/c25-21(17-9-2-1-3-10-17)24-16-5-4-12-19(24)18-11-8-13-22-20(18)23-14-6-7-15-23/h1-3,8-11,13,19H,4-7,12,14-16H2/t19-/m0/s1. The first-order valence-electron chi connectivity index (χ1n) is 9.40. The third-order valence-electron chi connectivity index (χ3n) is 5.37. The van der Waals surface area contributed by atoms with Gasteiger partial charge in [0.2, 0.25) is 0 Å². The largest absolute Gasteiger partial charge is 0.356 e. The SMILES string of the molecule is O=C(c1ccccc1)N1CCCC[C@H]1c1cccnc1N1CCCC1. The number of hydrogen-bond acceptors (Lipinski definition) is 3. The summed E-state index contributed by atoms with van der Waals surface area (Å²) in [5.41, 5.74) is 1.99. The lowest BCUT2D eigenvalue weighted by atomic mass is 9.94. The summed E-state index contributed by atoms with van der Waals surface area (Å²) in [6, 6.07) is 14.0. The minimum absolute atomic E-state index is 0.130. The monoisotopic (exact) mass is 335 g/mol. The van der Waals surface area contributed by atoms with E-state index in [2.05, 4.69) is 15.9 Å². The van der Waals surface area contributed by atoms with Gasteiger partial charge in [-0.25, -0.2) is 4.98 Å². The zero-order valence-electron chi connectivity index (χ0n) is 14.6. The topological polar surface area (TPSA) is 36.4 Å². The summed E-state index contributed by atoms with van der Waals surface area (Å²) < 4.78 is 0. The Morgan fingerprint density at radius 1 is 0.920 bits per heavy atom. The van der Waals surface area contributed by atoms with Crippen LogP contribution < -0.4 is 4.90 Å². The molecule has 2 saturated heterocycles. The molecule has 0 unspecified atom stereocenters. The van der Waals surface area contributed by atoms with Gasteiger partial charge in [-0.15, -0.1) is 0 Å². The Kier molecular flexibility index (Phi) is 4.68. The molecule has 0 saturated carbocycles. The maximum absolute atomic E-state index is 13.1. The molecule has 0 aliphatic carbocycles. The molecule has 2 fully saturated rings. The second-order valence-corrected chi connectivity index (χ2v) is 6.99. The molecule has 0 radical (unpaired) electrons. The number of carbonyl (C=O) groups excluding carboxylic acids is 1. The van der Waals surface area contributed by atoms with Gasteiger partial charge in [-0.05, 0) is 50.3 Å². The minimum atomic E-state index is 0.130. The summed E-state index contributed by atoms with van der Waals surface area (Å²) in [5, 5.41) is 0. The van der Waals surface area contributed by atoms with Crippen LogP contribution in [0.25, 0.3) is 0 Å². The van der Waals surface area contributed by atoms with Crippen LogP contribution >= 0.6 is 0 Å². The number of benzene rings is 1. The highest BCUT2D eigenvalue weighted by Gasteiger charge is 2.31. The van der Waals surface area contributed by atoms with Crippen molar-refractivity contribution >= 4 is 11.7 Å². The maximum Gasteiger partial charge on any atom is 0.254 e. The van der Waals surface area contributed by atoms with Crippen LogP contribution in [0.5, 0.6) is 0 Å². The Morgan fingerprint density at radius 2 is 1.68 bits per heavy atom. The number of likely N-dealkylation sites (tertiary alicyclic amines) is 1. The van der Waals surface area contributed by atoms with Crippen molar-refractivity contribution in [3.8, 4) is 0 Å². The molecular formula is C21H25N3O. The highest BCUT2D eigenvalue weighted by atomic mass is 16.2. The number of nitrogens with zero attached hydrogens (tertiary/aromatic N) is 3. The van der Waals surface area contributed by atoms with Gasteiger partial charge in [0.15, 0.2) is 0 Å². The van der Waals surface area contributed by atoms with Gasteiger partial charge >= 0.3 is 0 Å². The lowest BCUT2D eigenvalue weighted by Crippen LogP contribution is -2.39. The number of hydrogen-bond donors (Lipinski definition) is 0. The van der Waals surface area contributed by atoms with Gasteiger partial charge in [-0.3, -0.25) is 4.79 Å². The number of carbonyl (C=O) groups is 1. The van der Waals surface area contributed by atoms with Crippen molar-refractivity contribution in [2.75, 3.05) is 24.5 Å². The predicted molar refractivity (Wildman–Crippen MR) is 99.8 cm³/mol. The highest BCUT2D eigenvalue weighted by Crippen LogP contribution is 2.37. The number of piperidine rings is 1. The Morgan fingerprint density at radius 3 is 2.48 bits per heavy atom. The van der Waals surface area contributed by atoms with Gasteiger partial charge in [-0.1, -0.05) is 24.3 Å². The summed E-state index contributed by atoms with van der Waals surface area (Å²) >= 11 is 0. The van der Waals surface area contributed by atoms with Crippen LogP contribution in [0.1, 0.15) is 54.1 Å². The summed E-state index contributed by atoms with van der Waals surface area (Å²) in [5.74, 6) is 1.22. The molecule has 25 heavy (non-hydrogen) atoms. The zero-order valence-corrected chi connectivity index (χ0v) is 14.6. The summed E-state index contributed by atoms with van der Waals surface area (Å²) in [6.45, 7) is 2.97. The van der Waals surface area contributed by atoms with Gasteiger partial charge in [0.25, 0.3) is 5.91 Å². The first-order chi connectivity index (χ1) is 12.3. The first-order valence-corrected chi connectivity index (χ1v) is 9.40. The van der Waals surface area contributed by atoms with Gasteiger partial charge in [-0.2, -0.15) is 0 Å². The number of anilines is 1. The van der Waals surface area contributed by atoms with E-state index in [1.807, 2.05) is 42.6 Å². The van der Waals surface area contributed by atoms with E-state index in [9.17, 15) is 4.79 Å². The molecule has 2 aromatic rings. The van der Waals surface area contributed by atoms with Crippen molar-refractivity contribution in [1.82, 2.24) is 9.88 Å². The fourth-order valence-corrected chi connectivity index (χ4v) is 4.11. The number of amides is 1. The zero-order chi connectivity index (χ0) is 17.1. The van der Waals surface area contributed by atoms with Gasteiger partial charge in [0.05, 0.1) is 6.04 Å². The molecular weight excluding hydrogens is 310 g/mol. The minimum Gasteiger partial charge on any atom is -0.356 e. The smallest absolute Gasteiger partial charge is 0.254 e. The molecule has 4 rings (SSSR count). The normalized spacial score (nSPS) is 20.7. The van der Waals surface area contributed by atoms with Gasteiger partial charge in [0, 0.05) is 37.0 Å². The van der Waals surface area contributed by atoms with E-state index < -0.39 is 0 Å². The van der Waals surface area contributed by atoms with E-state index >= 15 is 0 Å². The molecule has 2 aliphatic rings. The first kappa shape index (κ1) is 16.1. The molecule has 2 aliphatic heterocycles. The number of rotatable bonds is 3. The van der Waals surface area contributed by atoms with E-state index in [0.717, 1.165) is 50.3 Å². The molecule has 4 nitrogen and oxygen atoms in total. The number of aromatic nitrogens is 1. The van der Waals surface area contributed by atoms with Crippen LogP contribution in [0.3, 0.4) is 0 Å². The molecule has 0 N–H and O–H groups in total. The van der Waals surface area contributed by atoms with Crippen LogP contribution in [0.2, 0.25) is 0 Å². The second-order valence-electron chi connectivity index (χ2n) is 6.99. The fourth-order valence-electron chi connectivity index (χ4n) is 4.11. The molecule has 1 aromatic heterocycles. The van der Waals surface area contributed by atoms with Gasteiger partial charge in [0.1, 0.15) is 5.82 Å². The maximum atomic E-state index is 13.1. The Hall–Kier alpha value is -2.36. The molecule has 1 aromatic carbocycles. The van der Waals surface area contributed by atoms with Crippen LogP contribution in [-0.2, 0) is 0 Å². The van der Waals surface area contributed by atoms with Crippen molar-refractivity contribution in [1.29, 1.82) is 0 Å². The molecule has 0 bridgehead atoms. The van der Waals surface area contributed by atoms with Crippen molar-refractivity contribution in [3.63, 3.8) is 0 Å². The predicted octanol–water partition coefficient (Wildman–Crippen LogP) is 4.05. The van der Waals surface area contributed by atoms with E-state index in [4.69, 9.17) is 4.98 Å². The highest BCUT2D eigenvalue weighted by molar-refractivity contribution is 5.94. The van der Waals surface area contributed by atoms with Crippen LogP contribution in [0, 0.1) is 0 Å². The fraction of sp³-hybridized carbons (Fsp3) is 0.429. The summed E-state index contributed by atoms with van der Waals surface area (Å²) in [7, 11) is 0. The van der Waals surface area contributed by atoms with Crippen LogP contribution in [0.4, 0.5) is 5.82 Å².